The fourth-order valence-corrected chi connectivity index (χ4v) is 2.25. The highest BCUT2D eigenvalue weighted by molar-refractivity contribution is 6.30. The SMILES string of the molecule is COC(=O)[C@@]1(C(F)(F)F)N=C(C(F)(F)F)Nc2ccc(Cl)cc21. The predicted molar refractivity (Wildman–Crippen MR) is 68.3 cm³/mol. The molecule has 23 heavy (non-hydrogen) atoms. The van der Waals surface area contributed by atoms with Crippen LogP contribution in [0.1, 0.15) is 5.56 Å². The molecule has 0 radical (unpaired) electrons. The number of amidine groups is 1. The largest absolute Gasteiger partial charge is 0.467 e. The minimum absolute atomic E-state index is 0.214. The number of esters is 1. The number of hydrogen-bond acceptors (Lipinski definition) is 4. The highest BCUT2D eigenvalue weighted by Crippen LogP contribution is 2.49. The summed E-state index contributed by atoms with van der Waals surface area (Å²) in [6.45, 7) is 0. The first-order valence-corrected chi connectivity index (χ1v) is 6.20. The molecule has 1 aromatic carbocycles. The molecule has 1 aromatic rings. The first-order chi connectivity index (χ1) is 10.4. The molecule has 0 saturated carbocycles. The van der Waals surface area contributed by atoms with E-state index in [4.69, 9.17) is 11.6 Å². The van der Waals surface area contributed by atoms with Crippen LogP contribution in [0.25, 0.3) is 0 Å². The van der Waals surface area contributed by atoms with Gasteiger partial charge < -0.3 is 10.1 Å². The Hall–Kier alpha value is -1.97. The van der Waals surface area contributed by atoms with Crippen molar-refractivity contribution in [1.82, 2.24) is 0 Å². The van der Waals surface area contributed by atoms with Gasteiger partial charge >= 0.3 is 18.3 Å². The van der Waals surface area contributed by atoms with Crippen molar-refractivity contribution in [2.24, 2.45) is 4.99 Å². The number of benzene rings is 1. The minimum atomic E-state index is -5.49. The standard InChI is InChI=1S/C12H7ClF6N2O2/c1-23-9(22)10(12(17,18)19)6-4-5(13)2-3-7(6)20-8(21-10)11(14,15)16/h2-4H,1H3,(H,20,21)/t10-/m0/s1. The molecule has 0 spiro atoms. The Morgan fingerprint density at radius 1 is 1.26 bits per heavy atom. The van der Waals surface area contributed by atoms with E-state index in [1.165, 1.54) is 0 Å². The van der Waals surface area contributed by atoms with Crippen LogP contribution in [0.2, 0.25) is 5.02 Å². The fraction of sp³-hybridized carbons (Fsp3) is 0.333. The molecular formula is C12H7ClF6N2O2. The summed E-state index contributed by atoms with van der Waals surface area (Å²) in [5, 5.41) is 1.51. The number of ether oxygens (including phenoxy) is 1. The van der Waals surface area contributed by atoms with Gasteiger partial charge in [0.25, 0.3) is 5.54 Å². The number of rotatable bonds is 1. The molecule has 1 heterocycles. The van der Waals surface area contributed by atoms with Crippen LogP contribution in [0.3, 0.4) is 0 Å². The summed E-state index contributed by atoms with van der Waals surface area (Å²) < 4.78 is 83.4. The molecule has 0 aromatic heterocycles. The number of halogens is 7. The van der Waals surface area contributed by atoms with E-state index in [2.05, 4.69) is 9.73 Å². The zero-order chi connectivity index (χ0) is 17.6. The Labute approximate surface area is 130 Å². The molecule has 0 bridgehead atoms. The lowest BCUT2D eigenvalue weighted by atomic mass is 9.86. The maximum absolute atomic E-state index is 13.6. The molecule has 0 saturated heterocycles. The Bertz CT molecular complexity index is 685. The van der Waals surface area contributed by atoms with Crippen LogP contribution in [0.4, 0.5) is 32.0 Å². The summed E-state index contributed by atoms with van der Waals surface area (Å²) in [4.78, 5) is 14.4. The van der Waals surface area contributed by atoms with Crippen LogP contribution in [-0.2, 0) is 15.1 Å². The number of alkyl halides is 6. The van der Waals surface area contributed by atoms with Crippen LogP contribution < -0.4 is 5.32 Å². The number of nitrogens with zero attached hydrogens (tertiary/aromatic N) is 1. The summed E-state index contributed by atoms with van der Waals surface area (Å²) in [6, 6.07) is 2.68. The number of aliphatic imine (C=N–C) groups is 1. The minimum Gasteiger partial charge on any atom is -0.467 e. The lowest BCUT2D eigenvalue weighted by Crippen LogP contribution is -2.53. The van der Waals surface area contributed by atoms with Gasteiger partial charge in [-0.25, -0.2) is 9.79 Å². The highest BCUT2D eigenvalue weighted by Gasteiger charge is 2.66. The van der Waals surface area contributed by atoms with Gasteiger partial charge in [0.2, 0.25) is 5.84 Å². The van der Waals surface area contributed by atoms with Crippen molar-refractivity contribution in [3.8, 4) is 0 Å². The Morgan fingerprint density at radius 3 is 2.35 bits per heavy atom. The van der Waals surface area contributed by atoms with Gasteiger partial charge in [0.1, 0.15) is 0 Å². The van der Waals surface area contributed by atoms with Crippen molar-refractivity contribution in [2.75, 3.05) is 12.4 Å². The van der Waals surface area contributed by atoms with E-state index in [-0.39, 0.29) is 5.02 Å². The number of fused-ring (bicyclic) bond motifs is 1. The Balaban J connectivity index is 2.87. The predicted octanol–water partition coefficient (Wildman–Crippen LogP) is 3.66. The third-order valence-corrected chi connectivity index (χ3v) is 3.30. The number of nitrogens with one attached hydrogen (secondary N) is 1. The number of anilines is 1. The molecule has 1 aliphatic rings. The molecule has 126 valence electrons. The van der Waals surface area contributed by atoms with E-state index in [9.17, 15) is 31.1 Å². The van der Waals surface area contributed by atoms with Crippen molar-refractivity contribution in [1.29, 1.82) is 0 Å². The van der Waals surface area contributed by atoms with E-state index in [1.807, 2.05) is 0 Å². The van der Waals surface area contributed by atoms with E-state index in [1.54, 1.807) is 5.32 Å². The third-order valence-electron chi connectivity index (χ3n) is 3.06. The van der Waals surface area contributed by atoms with Crippen molar-refractivity contribution < 1.29 is 35.9 Å². The summed E-state index contributed by atoms with van der Waals surface area (Å²) in [6.07, 6.45) is -10.7. The normalized spacial score (nSPS) is 21.1. The van der Waals surface area contributed by atoms with Crippen molar-refractivity contribution in [3.63, 3.8) is 0 Å². The third kappa shape index (κ3) is 2.71. The zero-order valence-electron chi connectivity index (χ0n) is 11.1. The maximum atomic E-state index is 13.6. The van der Waals surface area contributed by atoms with Crippen LogP contribution in [0, 0.1) is 0 Å². The van der Waals surface area contributed by atoms with Gasteiger partial charge in [0, 0.05) is 16.3 Å². The highest BCUT2D eigenvalue weighted by atomic mass is 35.5. The quantitative estimate of drug-likeness (QED) is 0.614. The molecule has 0 amide bonds. The van der Waals surface area contributed by atoms with Gasteiger partial charge in [-0.1, -0.05) is 11.6 Å². The smallest absolute Gasteiger partial charge is 0.449 e. The molecule has 1 atom stereocenters. The number of hydrogen-bond donors (Lipinski definition) is 1. The van der Waals surface area contributed by atoms with Gasteiger partial charge in [-0.05, 0) is 18.2 Å². The first-order valence-electron chi connectivity index (χ1n) is 5.82. The number of carbonyl (C=O) groups excluding carboxylic acids is 1. The van der Waals surface area contributed by atoms with E-state index < -0.39 is 40.9 Å². The van der Waals surface area contributed by atoms with Crippen LogP contribution in [0.5, 0.6) is 0 Å². The maximum Gasteiger partial charge on any atom is 0.449 e. The summed E-state index contributed by atoms with van der Waals surface area (Å²) >= 11 is 5.61. The second-order valence-electron chi connectivity index (χ2n) is 4.47. The number of methoxy groups -OCH3 is 1. The van der Waals surface area contributed by atoms with E-state index in [0.717, 1.165) is 12.1 Å². The monoisotopic (exact) mass is 360 g/mol. The second-order valence-corrected chi connectivity index (χ2v) is 4.91. The lowest BCUT2D eigenvalue weighted by Gasteiger charge is -2.35. The van der Waals surface area contributed by atoms with E-state index in [0.29, 0.717) is 13.2 Å². The fourth-order valence-electron chi connectivity index (χ4n) is 2.08. The molecule has 1 N–H and O–H groups in total. The van der Waals surface area contributed by atoms with Gasteiger partial charge in [-0.15, -0.1) is 0 Å². The van der Waals surface area contributed by atoms with Crippen LogP contribution >= 0.6 is 11.6 Å². The average Bonchev–Trinajstić information content (AvgIpc) is 2.42. The summed E-state index contributed by atoms with van der Waals surface area (Å²) in [5.74, 6) is -3.97. The second kappa shape index (κ2) is 5.29. The first kappa shape index (κ1) is 17.4. The Kier molecular flexibility index (Phi) is 4.00. The van der Waals surface area contributed by atoms with Crippen molar-refractivity contribution in [2.45, 2.75) is 17.9 Å². The van der Waals surface area contributed by atoms with Gasteiger partial charge in [0.15, 0.2) is 0 Å². The molecule has 4 nitrogen and oxygen atoms in total. The molecule has 2 rings (SSSR count). The van der Waals surface area contributed by atoms with Gasteiger partial charge in [0.05, 0.1) is 7.11 Å². The van der Waals surface area contributed by atoms with Gasteiger partial charge in [-0.2, -0.15) is 26.3 Å². The molecule has 1 aliphatic heterocycles. The lowest BCUT2D eigenvalue weighted by molar-refractivity contribution is -0.206. The summed E-state index contributed by atoms with van der Waals surface area (Å²) in [5.41, 5.74) is -5.34. The van der Waals surface area contributed by atoms with Crippen LogP contribution in [-0.4, -0.2) is 31.3 Å². The van der Waals surface area contributed by atoms with Gasteiger partial charge in [-0.3, -0.25) is 0 Å². The molecule has 0 aliphatic carbocycles. The Morgan fingerprint density at radius 2 is 1.87 bits per heavy atom. The van der Waals surface area contributed by atoms with E-state index >= 15 is 0 Å². The van der Waals surface area contributed by atoms with Crippen molar-refractivity contribution in [3.05, 3.63) is 28.8 Å². The molecule has 11 heteroatoms. The van der Waals surface area contributed by atoms with Crippen LogP contribution in [0.15, 0.2) is 23.2 Å². The average molecular weight is 361 g/mol. The summed E-state index contributed by atoms with van der Waals surface area (Å²) in [7, 11) is 0.616. The number of carbonyl (C=O) groups is 1. The molecular weight excluding hydrogens is 354 g/mol. The van der Waals surface area contributed by atoms with Crippen molar-refractivity contribution >= 4 is 29.1 Å². The molecule has 0 unspecified atom stereocenters. The molecule has 0 fully saturated rings. The zero-order valence-corrected chi connectivity index (χ0v) is 11.9. The topological polar surface area (TPSA) is 50.7 Å².